The number of hydrogen-bond donors (Lipinski definition) is 1. The first-order valence-corrected chi connectivity index (χ1v) is 9.32. The van der Waals surface area contributed by atoms with Crippen molar-refractivity contribution in [1.82, 2.24) is 5.32 Å². The van der Waals surface area contributed by atoms with Crippen molar-refractivity contribution >= 4 is 11.7 Å². The van der Waals surface area contributed by atoms with Gasteiger partial charge in [-0.25, -0.2) is 0 Å². The molecule has 0 aliphatic heterocycles. The van der Waals surface area contributed by atoms with Crippen LogP contribution in [-0.4, -0.2) is 38.1 Å². The van der Waals surface area contributed by atoms with Gasteiger partial charge in [-0.05, 0) is 37.1 Å². The van der Waals surface area contributed by atoms with Gasteiger partial charge in [0.05, 0.1) is 19.8 Å². The Morgan fingerprint density at radius 1 is 0.964 bits per heavy atom. The molecule has 0 unspecified atom stereocenters. The van der Waals surface area contributed by atoms with Gasteiger partial charge in [-0.2, -0.15) is 0 Å². The van der Waals surface area contributed by atoms with Gasteiger partial charge >= 0.3 is 0 Å². The van der Waals surface area contributed by atoms with Crippen LogP contribution in [0.2, 0.25) is 0 Å². The van der Waals surface area contributed by atoms with Crippen LogP contribution in [0.25, 0.3) is 0 Å². The molecule has 2 aromatic rings. The Hall–Kier alpha value is -2.70. The number of ether oxygens (including phenoxy) is 3. The Bertz CT molecular complexity index is 775. The van der Waals surface area contributed by atoms with E-state index < -0.39 is 0 Å². The fourth-order valence-electron chi connectivity index (χ4n) is 2.49. The molecule has 1 N–H and O–H groups in total. The quantitative estimate of drug-likeness (QED) is 0.449. The third kappa shape index (κ3) is 7.90. The summed E-state index contributed by atoms with van der Waals surface area (Å²) in [5, 5.41) is 2.83. The maximum Gasteiger partial charge on any atom is 0.258 e. The van der Waals surface area contributed by atoms with Gasteiger partial charge < -0.3 is 19.5 Å². The van der Waals surface area contributed by atoms with E-state index in [9.17, 15) is 9.59 Å². The molecule has 0 aliphatic rings. The highest BCUT2D eigenvalue weighted by Crippen LogP contribution is 2.13. The number of carbonyl (C=O) groups is 2. The fraction of sp³-hybridized carbons (Fsp3) is 0.364. The lowest BCUT2D eigenvalue weighted by atomic mass is 10.1. The summed E-state index contributed by atoms with van der Waals surface area (Å²) >= 11 is 0. The lowest BCUT2D eigenvalue weighted by Gasteiger charge is -2.10. The van der Waals surface area contributed by atoms with E-state index in [4.69, 9.17) is 14.2 Å². The van der Waals surface area contributed by atoms with Crippen LogP contribution in [0.1, 0.15) is 35.3 Å². The molecule has 0 aliphatic carbocycles. The highest BCUT2D eigenvalue weighted by molar-refractivity contribution is 5.94. The summed E-state index contributed by atoms with van der Waals surface area (Å²) in [5.74, 6) is 0.220. The first-order valence-electron chi connectivity index (χ1n) is 9.32. The third-order valence-electron chi connectivity index (χ3n) is 3.94. The van der Waals surface area contributed by atoms with E-state index >= 15 is 0 Å². The minimum Gasteiger partial charge on any atom is -0.484 e. The van der Waals surface area contributed by atoms with Crippen molar-refractivity contribution in [2.24, 2.45) is 0 Å². The molecule has 2 rings (SSSR count). The van der Waals surface area contributed by atoms with Crippen molar-refractivity contribution < 1.29 is 23.8 Å². The Labute approximate surface area is 165 Å². The molecule has 0 saturated carbocycles. The smallest absolute Gasteiger partial charge is 0.258 e. The summed E-state index contributed by atoms with van der Waals surface area (Å²) in [6.45, 7) is 6.06. The minimum atomic E-state index is -0.230. The lowest BCUT2D eigenvalue weighted by Crippen LogP contribution is -2.28. The van der Waals surface area contributed by atoms with Crippen molar-refractivity contribution in [3.05, 3.63) is 65.2 Å². The van der Waals surface area contributed by atoms with Gasteiger partial charge in [-0.15, -0.1) is 0 Å². The maximum absolute atomic E-state index is 12.0. The number of Topliss-reactive ketones (excluding diaryl/α,β-unsaturated/α-hetero) is 1. The van der Waals surface area contributed by atoms with Crippen LogP contribution in [0.4, 0.5) is 0 Å². The molecule has 0 fully saturated rings. The van der Waals surface area contributed by atoms with Gasteiger partial charge in [0, 0.05) is 18.7 Å². The summed E-state index contributed by atoms with van der Waals surface area (Å²) in [6.07, 6.45) is 0. The summed E-state index contributed by atoms with van der Waals surface area (Å²) in [5.41, 5.74) is 2.58. The molecule has 1 amide bonds. The zero-order chi connectivity index (χ0) is 20.2. The molecular weight excluding hydrogens is 358 g/mol. The normalized spacial score (nSPS) is 10.5. The number of carbonyl (C=O) groups excluding carboxylic acids is 2. The molecule has 2 aromatic carbocycles. The van der Waals surface area contributed by atoms with Gasteiger partial charge in [-0.3, -0.25) is 9.59 Å². The lowest BCUT2D eigenvalue weighted by molar-refractivity contribution is -0.123. The Kier molecular flexibility index (Phi) is 9.18. The van der Waals surface area contributed by atoms with Gasteiger partial charge in [0.1, 0.15) is 5.75 Å². The zero-order valence-electron chi connectivity index (χ0n) is 16.4. The largest absolute Gasteiger partial charge is 0.484 e. The molecule has 6 nitrogen and oxygen atoms in total. The molecule has 0 bridgehead atoms. The van der Waals surface area contributed by atoms with E-state index in [1.54, 1.807) is 24.3 Å². The number of ketones is 1. The Balaban J connectivity index is 1.74. The maximum atomic E-state index is 12.0. The second kappa shape index (κ2) is 11.9. The summed E-state index contributed by atoms with van der Waals surface area (Å²) in [7, 11) is 0. The molecule has 6 heteroatoms. The topological polar surface area (TPSA) is 73.9 Å². The number of nitrogens with one attached hydrogen (secondary N) is 1. The molecule has 0 radical (unpaired) electrons. The van der Waals surface area contributed by atoms with Crippen molar-refractivity contribution in [3.8, 4) is 5.75 Å². The standard InChI is InChI=1S/C22H27NO5/c1-3-26-10-11-27-15-19-7-4-6-18(12-19)14-23-22(25)16-28-21-9-5-8-20(13-21)17(2)24/h4-9,12-13H,3,10-11,14-16H2,1-2H3,(H,23,25). The van der Waals surface area contributed by atoms with E-state index in [1.807, 2.05) is 31.2 Å². The summed E-state index contributed by atoms with van der Waals surface area (Å²) < 4.78 is 16.3. The van der Waals surface area contributed by atoms with E-state index in [1.165, 1.54) is 6.92 Å². The molecule has 150 valence electrons. The van der Waals surface area contributed by atoms with Crippen molar-refractivity contribution in [2.75, 3.05) is 26.4 Å². The summed E-state index contributed by atoms with van der Waals surface area (Å²) in [4.78, 5) is 23.4. The second-order valence-corrected chi connectivity index (χ2v) is 6.22. The average molecular weight is 385 g/mol. The summed E-state index contributed by atoms with van der Waals surface area (Å²) in [6, 6.07) is 14.6. The molecule has 0 spiro atoms. The molecule has 0 aromatic heterocycles. The van der Waals surface area contributed by atoms with Crippen LogP contribution >= 0.6 is 0 Å². The van der Waals surface area contributed by atoms with Crippen LogP contribution in [0.15, 0.2) is 48.5 Å². The van der Waals surface area contributed by atoms with Gasteiger partial charge in [0.15, 0.2) is 12.4 Å². The molecule has 0 heterocycles. The number of amides is 1. The number of rotatable bonds is 12. The highest BCUT2D eigenvalue weighted by atomic mass is 16.5. The van der Waals surface area contributed by atoms with Gasteiger partial charge in [0.25, 0.3) is 5.91 Å². The van der Waals surface area contributed by atoms with Crippen LogP contribution in [-0.2, 0) is 27.4 Å². The van der Waals surface area contributed by atoms with Gasteiger partial charge in [0.2, 0.25) is 0 Å². The predicted molar refractivity (Wildman–Crippen MR) is 106 cm³/mol. The van der Waals surface area contributed by atoms with Crippen LogP contribution < -0.4 is 10.1 Å². The van der Waals surface area contributed by atoms with Crippen molar-refractivity contribution in [2.45, 2.75) is 27.0 Å². The third-order valence-corrected chi connectivity index (χ3v) is 3.94. The molecular formula is C22H27NO5. The van der Waals surface area contributed by atoms with Crippen LogP contribution in [0.3, 0.4) is 0 Å². The SMILES string of the molecule is CCOCCOCc1cccc(CNC(=O)COc2cccc(C(C)=O)c2)c1. The highest BCUT2D eigenvalue weighted by Gasteiger charge is 2.06. The molecule has 28 heavy (non-hydrogen) atoms. The monoisotopic (exact) mass is 385 g/mol. The number of benzene rings is 2. The Morgan fingerprint density at radius 2 is 1.71 bits per heavy atom. The first kappa shape index (κ1) is 21.6. The predicted octanol–water partition coefficient (Wildman–Crippen LogP) is 3.14. The van der Waals surface area contributed by atoms with Crippen LogP contribution in [0.5, 0.6) is 5.75 Å². The molecule has 0 saturated heterocycles. The van der Waals surface area contributed by atoms with E-state index in [2.05, 4.69) is 5.32 Å². The Morgan fingerprint density at radius 3 is 2.50 bits per heavy atom. The van der Waals surface area contributed by atoms with Gasteiger partial charge in [-0.1, -0.05) is 36.4 Å². The van der Waals surface area contributed by atoms with Crippen molar-refractivity contribution in [3.63, 3.8) is 0 Å². The van der Waals surface area contributed by atoms with Crippen LogP contribution in [0, 0.1) is 0 Å². The first-order chi connectivity index (χ1) is 13.6. The minimum absolute atomic E-state index is 0.0448. The number of hydrogen-bond acceptors (Lipinski definition) is 5. The molecule has 0 atom stereocenters. The van der Waals surface area contributed by atoms with E-state index in [-0.39, 0.29) is 18.3 Å². The van der Waals surface area contributed by atoms with E-state index in [0.717, 1.165) is 11.1 Å². The van der Waals surface area contributed by atoms with E-state index in [0.29, 0.717) is 44.3 Å². The van der Waals surface area contributed by atoms with Crippen molar-refractivity contribution in [1.29, 1.82) is 0 Å². The fourth-order valence-corrected chi connectivity index (χ4v) is 2.49. The average Bonchev–Trinajstić information content (AvgIpc) is 2.71. The second-order valence-electron chi connectivity index (χ2n) is 6.22. The zero-order valence-corrected chi connectivity index (χ0v) is 16.4.